The second-order valence-corrected chi connectivity index (χ2v) is 23.0. The molecule has 1 unspecified atom stereocenters. The van der Waals surface area contributed by atoms with Gasteiger partial charge in [0.05, 0.1) is 39.1 Å². The number of fused-ring (bicyclic) bond motifs is 3. The van der Waals surface area contributed by atoms with Crippen LogP contribution in [0, 0.1) is 12.8 Å². The molecule has 1 saturated carbocycles. The maximum atomic E-state index is 14.0. The number of carbonyl (C=O) groups is 5. The Kier molecular flexibility index (Phi) is 14.3. The highest BCUT2D eigenvalue weighted by atomic mass is 32.1. The van der Waals surface area contributed by atoms with Gasteiger partial charge < -0.3 is 24.2 Å². The summed E-state index contributed by atoms with van der Waals surface area (Å²) in [6.07, 6.45) is 6.72. The lowest BCUT2D eigenvalue weighted by molar-refractivity contribution is -0.134. The first-order valence-corrected chi connectivity index (χ1v) is 27.8. The predicted molar refractivity (Wildman–Crippen MR) is 299 cm³/mol. The largest absolute Gasteiger partial charge is 0.490 e. The molecule has 77 heavy (non-hydrogen) atoms. The molecular weight excluding hydrogens is 991 g/mol. The van der Waals surface area contributed by atoms with Crippen molar-refractivity contribution in [2.45, 2.75) is 110 Å². The first-order chi connectivity index (χ1) is 37.1. The van der Waals surface area contributed by atoms with Crippen molar-refractivity contribution in [2.24, 2.45) is 13.0 Å². The van der Waals surface area contributed by atoms with E-state index >= 15 is 0 Å². The standard InChI is InChI=1S/C60H65N9O7S/c1-36-34-40(75-39-19-16-37(17-20-39)18-27-52(71)68-32-30-67(31-33-68)48-14-9-12-44-53(65-66(5)55(44)48)45-24-26-51(70)63-57(45)73)21-22-41(36)42-23-25-50(62-54(42)58(74)76-60(2,3)4)69-29-28-38-10-8-11-43(46(38)35-69)56(72)64-59-61-47-13-6-7-15-49(47)77-59/h6-15,21-23,25,34,37,39,45H,16-20,24,26-33,35H2,1-5H3,(H,61,64,72)(H,63,70,73). The Balaban J connectivity index is 0.691. The molecule has 6 heterocycles. The number of ether oxygens (including phenoxy) is 2. The number of nitrogens with one attached hydrogen (secondary N) is 2. The maximum Gasteiger partial charge on any atom is 0.358 e. The Morgan fingerprint density at radius 2 is 1.60 bits per heavy atom. The Morgan fingerprint density at radius 1 is 0.818 bits per heavy atom. The summed E-state index contributed by atoms with van der Waals surface area (Å²) < 4.78 is 15.4. The van der Waals surface area contributed by atoms with Crippen molar-refractivity contribution in [3.8, 4) is 16.9 Å². The number of carbonyl (C=O) groups excluding carboxylic acids is 5. The molecule has 3 fully saturated rings. The van der Waals surface area contributed by atoms with Crippen molar-refractivity contribution < 1.29 is 33.4 Å². The molecule has 16 nitrogen and oxygen atoms in total. The van der Waals surface area contributed by atoms with E-state index in [-0.39, 0.29) is 35.4 Å². The zero-order chi connectivity index (χ0) is 53.5. The predicted octanol–water partition coefficient (Wildman–Crippen LogP) is 9.91. The number of anilines is 3. The minimum atomic E-state index is -0.743. The molecule has 4 aliphatic rings. The van der Waals surface area contributed by atoms with Crippen molar-refractivity contribution in [3.63, 3.8) is 0 Å². The van der Waals surface area contributed by atoms with Crippen molar-refractivity contribution in [3.05, 3.63) is 125 Å². The van der Waals surface area contributed by atoms with Crippen LogP contribution in [-0.2, 0) is 39.1 Å². The van der Waals surface area contributed by atoms with Gasteiger partial charge in [0.2, 0.25) is 17.7 Å². The molecular formula is C60H65N9O7S. The van der Waals surface area contributed by atoms with E-state index in [1.807, 2.05) is 123 Å². The van der Waals surface area contributed by atoms with Gasteiger partial charge in [0.1, 0.15) is 17.2 Å². The summed E-state index contributed by atoms with van der Waals surface area (Å²) in [4.78, 5) is 82.0. The lowest BCUT2D eigenvalue weighted by Gasteiger charge is -2.37. The van der Waals surface area contributed by atoms with Crippen LogP contribution in [0.5, 0.6) is 5.75 Å². The average Bonchev–Trinajstić information content (AvgIpc) is 4.00. The SMILES string of the molecule is Cc1cc(OC2CCC(CCC(=O)N3CCN(c4cccc5c(C6CCC(=O)NC6=O)nn(C)c45)CC3)CC2)ccc1-c1ccc(N2CCc3cccc(C(=O)Nc4nc5ccccc5s4)c3C2)nc1C(=O)OC(C)(C)C. The van der Waals surface area contributed by atoms with E-state index < -0.39 is 17.5 Å². The van der Waals surface area contributed by atoms with Gasteiger partial charge >= 0.3 is 5.97 Å². The van der Waals surface area contributed by atoms with E-state index in [4.69, 9.17) is 19.6 Å². The molecule has 398 valence electrons. The Morgan fingerprint density at radius 3 is 2.36 bits per heavy atom. The van der Waals surface area contributed by atoms with Crippen molar-refractivity contribution in [1.82, 2.24) is 30.0 Å². The zero-order valence-electron chi connectivity index (χ0n) is 44.4. The number of amides is 4. The molecule has 7 aromatic rings. The first kappa shape index (κ1) is 51.4. The molecule has 3 aliphatic heterocycles. The number of benzene rings is 4. The van der Waals surface area contributed by atoms with Gasteiger partial charge in [0.15, 0.2) is 10.8 Å². The normalized spacial score (nSPS) is 19.0. The van der Waals surface area contributed by atoms with Gasteiger partial charge in [-0.05, 0) is 149 Å². The average molecular weight is 1060 g/mol. The van der Waals surface area contributed by atoms with Crippen LogP contribution in [-0.4, -0.2) is 98.7 Å². The Labute approximate surface area is 452 Å². The number of piperazine rings is 1. The van der Waals surface area contributed by atoms with Crippen LogP contribution in [0.1, 0.15) is 121 Å². The monoisotopic (exact) mass is 1060 g/mol. The molecule has 3 aromatic heterocycles. The van der Waals surface area contributed by atoms with E-state index in [9.17, 15) is 24.0 Å². The van der Waals surface area contributed by atoms with Gasteiger partial charge in [0.25, 0.3) is 5.91 Å². The topological polar surface area (TPSA) is 181 Å². The number of imide groups is 1. The number of esters is 1. The second kappa shape index (κ2) is 21.4. The molecule has 0 spiro atoms. The van der Waals surface area contributed by atoms with Crippen LogP contribution in [0.15, 0.2) is 91.0 Å². The lowest BCUT2D eigenvalue weighted by atomic mass is 9.84. The van der Waals surface area contributed by atoms with Gasteiger partial charge in [-0.25, -0.2) is 14.8 Å². The summed E-state index contributed by atoms with van der Waals surface area (Å²) in [6.45, 7) is 11.3. The van der Waals surface area contributed by atoms with E-state index in [2.05, 4.69) is 37.6 Å². The van der Waals surface area contributed by atoms with Crippen LogP contribution in [0.3, 0.4) is 0 Å². The summed E-state index contributed by atoms with van der Waals surface area (Å²) in [5, 5.41) is 11.7. The van der Waals surface area contributed by atoms with E-state index in [0.717, 1.165) is 86.9 Å². The fourth-order valence-corrected chi connectivity index (χ4v) is 12.5. The van der Waals surface area contributed by atoms with Gasteiger partial charge in [-0.1, -0.05) is 53.8 Å². The zero-order valence-corrected chi connectivity index (χ0v) is 45.2. The highest BCUT2D eigenvalue weighted by molar-refractivity contribution is 7.22. The van der Waals surface area contributed by atoms with E-state index in [0.29, 0.717) is 98.6 Å². The van der Waals surface area contributed by atoms with E-state index in [1.165, 1.54) is 11.3 Å². The molecule has 1 atom stereocenters. The second-order valence-electron chi connectivity index (χ2n) is 22.0. The molecule has 2 saturated heterocycles. The van der Waals surface area contributed by atoms with Crippen molar-refractivity contribution in [2.75, 3.05) is 47.8 Å². The number of piperidine rings is 1. The fraction of sp³-hybridized carbons (Fsp3) is 0.400. The third kappa shape index (κ3) is 11.0. The summed E-state index contributed by atoms with van der Waals surface area (Å²) >= 11 is 1.44. The number of hydrogen-bond acceptors (Lipinski definition) is 13. The number of rotatable bonds is 12. The van der Waals surface area contributed by atoms with E-state index in [1.54, 1.807) is 0 Å². The Hall–Kier alpha value is -7.66. The third-order valence-corrected chi connectivity index (χ3v) is 16.5. The highest BCUT2D eigenvalue weighted by Gasteiger charge is 2.34. The highest BCUT2D eigenvalue weighted by Crippen LogP contribution is 2.38. The molecule has 0 bridgehead atoms. The van der Waals surface area contributed by atoms with Gasteiger partial charge in [-0.3, -0.25) is 34.5 Å². The number of pyridine rings is 1. The van der Waals surface area contributed by atoms with Gasteiger partial charge in [-0.15, -0.1) is 0 Å². The molecule has 11 rings (SSSR count). The van der Waals surface area contributed by atoms with Crippen LogP contribution in [0.4, 0.5) is 16.6 Å². The van der Waals surface area contributed by atoms with Crippen LogP contribution in [0.2, 0.25) is 0 Å². The summed E-state index contributed by atoms with van der Waals surface area (Å²) in [7, 11) is 1.90. The van der Waals surface area contributed by atoms with Gasteiger partial charge in [0, 0.05) is 75.7 Å². The Bertz CT molecular complexity index is 3400. The number of para-hydroxylation sites is 2. The van der Waals surface area contributed by atoms with Crippen LogP contribution < -0.4 is 25.2 Å². The maximum absolute atomic E-state index is 14.0. The smallest absolute Gasteiger partial charge is 0.358 e. The number of thiazole rings is 1. The van der Waals surface area contributed by atoms with Crippen LogP contribution >= 0.6 is 11.3 Å². The lowest BCUT2D eigenvalue weighted by Crippen LogP contribution is -2.49. The summed E-state index contributed by atoms with van der Waals surface area (Å²) in [5.41, 5.74) is 8.08. The fourth-order valence-electron chi connectivity index (χ4n) is 11.6. The number of aryl methyl sites for hydroxylation is 2. The molecule has 0 radical (unpaired) electrons. The van der Waals surface area contributed by atoms with Gasteiger partial charge in [-0.2, -0.15) is 5.10 Å². The summed E-state index contributed by atoms with van der Waals surface area (Å²) in [5.74, 6) is 0.334. The first-order valence-electron chi connectivity index (χ1n) is 27.0. The van der Waals surface area contributed by atoms with Crippen molar-refractivity contribution >= 4 is 78.7 Å². The summed E-state index contributed by atoms with van der Waals surface area (Å²) in [6, 6.07) is 29.6. The molecule has 17 heteroatoms. The number of hydrogen-bond donors (Lipinski definition) is 2. The number of aromatic nitrogens is 4. The quantitative estimate of drug-likeness (QED) is 0.0875. The molecule has 1 aliphatic carbocycles. The molecule has 4 aromatic carbocycles. The van der Waals surface area contributed by atoms with Crippen LogP contribution in [0.25, 0.3) is 32.2 Å². The molecule has 4 amide bonds. The minimum Gasteiger partial charge on any atom is -0.490 e. The number of nitrogens with zero attached hydrogens (tertiary/aromatic N) is 7. The third-order valence-electron chi connectivity index (χ3n) is 15.6. The minimum absolute atomic E-state index is 0.0660. The molecule has 2 N–H and O–H groups in total. The van der Waals surface area contributed by atoms with Crippen molar-refractivity contribution in [1.29, 1.82) is 0 Å².